The van der Waals surface area contributed by atoms with Crippen LogP contribution in [-0.2, 0) is 0 Å². The number of hydrogen-bond donors (Lipinski definition) is 0. The van der Waals surface area contributed by atoms with E-state index < -0.39 is 0 Å². The molecule has 0 bridgehead atoms. The lowest BCUT2D eigenvalue weighted by Gasteiger charge is -2.13. The van der Waals surface area contributed by atoms with Crippen LogP contribution in [-0.4, -0.2) is 14.5 Å². The minimum atomic E-state index is 0.712. The molecule has 0 fully saturated rings. The summed E-state index contributed by atoms with van der Waals surface area (Å²) in [7, 11) is 0. The topological polar surface area (TPSA) is 30.7 Å². The van der Waals surface area contributed by atoms with Gasteiger partial charge in [0.2, 0.25) is 0 Å². The first-order valence-electron chi connectivity index (χ1n) is 15.9. The van der Waals surface area contributed by atoms with Crippen LogP contribution in [0.2, 0.25) is 0 Å². The van der Waals surface area contributed by atoms with Crippen LogP contribution in [0.1, 0.15) is 0 Å². The predicted octanol–water partition coefficient (Wildman–Crippen LogP) is 11.4. The molecule has 0 saturated heterocycles. The molecule has 3 heteroatoms. The number of rotatable bonds is 5. The van der Waals surface area contributed by atoms with Gasteiger partial charge in [-0.2, -0.15) is 0 Å². The summed E-state index contributed by atoms with van der Waals surface area (Å²) in [5.74, 6) is 0.712. The van der Waals surface area contributed by atoms with Crippen LogP contribution in [0.15, 0.2) is 176 Å². The summed E-state index contributed by atoms with van der Waals surface area (Å²) in [6.45, 7) is 0. The highest BCUT2D eigenvalue weighted by Gasteiger charge is 2.16. The molecule has 0 amide bonds. The normalized spacial score (nSPS) is 11.4. The molecule has 0 radical (unpaired) electrons. The summed E-state index contributed by atoms with van der Waals surface area (Å²) in [5.41, 5.74) is 10.7. The van der Waals surface area contributed by atoms with E-state index in [-0.39, 0.29) is 0 Å². The van der Waals surface area contributed by atoms with Crippen LogP contribution < -0.4 is 0 Å². The predicted molar refractivity (Wildman–Crippen MR) is 196 cm³/mol. The zero-order chi connectivity index (χ0) is 31.2. The standard InChI is InChI=1S/C44H29N3/c1-3-13-31(14-4-1)40-29-41(46-44(45-40)32-15-5-2-6-16-32)36-18-11-19-37(27-36)47-42-21-10-9-20-38(42)39-25-24-35(28-43(39)47)34-23-22-30-12-7-8-17-33(30)26-34/h1-29H. The van der Waals surface area contributed by atoms with Crippen LogP contribution in [0.25, 0.3) is 83.3 Å². The lowest BCUT2D eigenvalue weighted by atomic mass is 10.00. The Hall–Kier alpha value is -6.32. The van der Waals surface area contributed by atoms with Crippen molar-refractivity contribution in [1.82, 2.24) is 14.5 Å². The average molecular weight is 600 g/mol. The van der Waals surface area contributed by atoms with E-state index >= 15 is 0 Å². The van der Waals surface area contributed by atoms with Crippen LogP contribution in [0, 0.1) is 0 Å². The van der Waals surface area contributed by atoms with E-state index in [0.29, 0.717) is 5.82 Å². The Kier molecular flexibility index (Phi) is 6.46. The molecule has 7 aromatic carbocycles. The first-order chi connectivity index (χ1) is 23.3. The van der Waals surface area contributed by atoms with Gasteiger partial charge in [0.1, 0.15) is 0 Å². The molecule has 0 unspecified atom stereocenters. The van der Waals surface area contributed by atoms with Crippen molar-refractivity contribution in [3.8, 4) is 50.7 Å². The molecule has 2 heterocycles. The van der Waals surface area contributed by atoms with Crippen molar-refractivity contribution in [3.63, 3.8) is 0 Å². The molecule has 0 N–H and O–H groups in total. The van der Waals surface area contributed by atoms with E-state index in [1.807, 2.05) is 36.4 Å². The molecule has 9 rings (SSSR count). The number of benzene rings is 7. The molecule has 9 aromatic rings. The number of aromatic nitrogens is 3. The molecular weight excluding hydrogens is 571 g/mol. The van der Waals surface area contributed by atoms with E-state index in [2.05, 4.69) is 144 Å². The Morgan fingerprint density at radius 1 is 0.340 bits per heavy atom. The molecule has 0 aliphatic carbocycles. The molecule has 220 valence electrons. The van der Waals surface area contributed by atoms with Crippen molar-refractivity contribution >= 4 is 32.6 Å². The number of para-hydroxylation sites is 1. The molecule has 0 saturated carbocycles. The Morgan fingerprint density at radius 2 is 0.957 bits per heavy atom. The smallest absolute Gasteiger partial charge is 0.160 e. The van der Waals surface area contributed by atoms with E-state index in [4.69, 9.17) is 9.97 Å². The summed E-state index contributed by atoms with van der Waals surface area (Å²) in [6, 6.07) is 62.1. The third kappa shape index (κ3) is 4.86. The van der Waals surface area contributed by atoms with Crippen LogP contribution >= 0.6 is 0 Å². The van der Waals surface area contributed by atoms with Crippen LogP contribution in [0.3, 0.4) is 0 Å². The summed E-state index contributed by atoms with van der Waals surface area (Å²) in [4.78, 5) is 10.1. The van der Waals surface area contributed by atoms with Gasteiger partial charge in [0.05, 0.1) is 22.4 Å². The van der Waals surface area contributed by atoms with Crippen LogP contribution in [0.5, 0.6) is 0 Å². The van der Waals surface area contributed by atoms with Gasteiger partial charge in [0.15, 0.2) is 5.82 Å². The average Bonchev–Trinajstić information content (AvgIpc) is 3.49. The molecule has 0 aliphatic heterocycles. The van der Waals surface area contributed by atoms with Crippen LogP contribution in [0.4, 0.5) is 0 Å². The molecular formula is C44H29N3. The van der Waals surface area contributed by atoms with Gasteiger partial charge in [0.25, 0.3) is 0 Å². The quantitative estimate of drug-likeness (QED) is 0.197. The molecule has 2 aromatic heterocycles. The van der Waals surface area contributed by atoms with Gasteiger partial charge in [0, 0.05) is 33.2 Å². The van der Waals surface area contributed by atoms with Gasteiger partial charge in [-0.05, 0) is 58.3 Å². The van der Waals surface area contributed by atoms with E-state index in [0.717, 1.165) is 33.8 Å². The van der Waals surface area contributed by atoms with Gasteiger partial charge >= 0.3 is 0 Å². The zero-order valence-electron chi connectivity index (χ0n) is 25.6. The Labute approximate surface area is 273 Å². The fourth-order valence-corrected chi connectivity index (χ4v) is 6.67. The SMILES string of the molecule is c1ccc(-c2cc(-c3cccc(-n4c5ccccc5c5ccc(-c6ccc7ccccc7c6)cc54)c3)nc(-c3ccccc3)n2)cc1. The van der Waals surface area contributed by atoms with Crippen molar-refractivity contribution in [1.29, 1.82) is 0 Å². The zero-order valence-corrected chi connectivity index (χ0v) is 25.6. The van der Waals surface area contributed by atoms with E-state index in [1.165, 1.54) is 43.7 Å². The first-order valence-corrected chi connectivity index (χ1v) is 15.9. The monoisotopic (exact) mass is 599 g/mol. The second-order valence-electron chi connectivity index (χ2n) is 11.9. The van der Waals surface area contributed by atoms with Crippen molar-refractivity contribution in [2.24, 2.45) is 0 Å². The van der Waals surface area contributed by atoms with Gasteiger partial charge in [-0.3, -0.25) is 0 Å². The fraction of sp³-hybridized carbons (Fsp3) is 0. The van der Waals surface area contributed by atoms with Crippen molar-refractivity contribution in [2.45, 2.75) is 0 Å². The summed E-state index contributed by atoms with van der Waals surface area (Å²) in [5, 5.41) is 4.96. The van der Waals surface area contributed by atoms with Crippen molar-refractivity contribution in [2.75, 3.05) is 0 Å². The third-order valence-electron chi connectivity index (χ3n) is 8.98. The van der Waals surface area contributed by atoms with Crippen molar-refractivity contribution in [3.05, 3.63) is 176 Å². The maximum Gasteiger partial charge on any atom is 0.160 e. The highest BCUT2D eigenvalue weighted by atomic mass is 15.0. The Bertz CT molecular complexity index is 2510. The second-order valence-corrected chi connectivity index (χ2v) is 11.9. The first kappa shape index (κ1) is 27.0. The van der Waals surface area contributed by atoms with E-state index in [9.17, 15) is 0 Å². The largest absolute Gasteiger partial charge is 0.309 e. The Morgan fingerprint density at radius 3 is 1.79 bits per heavy atom. The highest BCUT2D eigenvalue weighted by Crippen LogP contribution is 2.37. The molecule has 0 aliphatic rings. The maximum atomic E-state index is 5.10. The lowest BCUT2D eigenvalue weighted by Crippen LogP contribution is -1.98. The lowest BCUT2D eigenvalue weighted by molar-refractivity contribution is 1.16. The molecule has 0 spiro atoms. The second kappa shape index (κ2) is 11.2. The highest BCUT2D eigenvalue weighted by molar-refractivity contribution is 6.10. The number of nitrogens with zero attached hydrogens (tertiary/aromatic N) is 3. The third-order valence-corrected chi connectivity index (χ3v) is 8.98. The maximum absolute atomic E-state index is 5.10. The molecule has 0 atom stereocenters. The minimum absolute atomic E-state index is 0.712. The number of fused-ring (bicyclic) bond motifs is 4. The van der Waals surface area contributed by atoms with E-state index in [1.54, 1.807) is 0 Å². The van der Waals surface area contributed by atoms with Crippen molar-refractivity contribution < 1.29 is 0 Å². The van der Waals surface area contributed by atoms with Gasteiger partial charge in [-0.25, -0.2) is 9.97 Å². The summed E-state index contributed by atoms with van der Waals surface area (Å²) >= 11 is 0. The van der Waals surface area contributed by atoms with Gasteiger partial charge in [-0.1, -0.05) is 140 Å². The fourth-order valence-electron chi connectivity index (χ4n) is 6.67. The van der Waals surface area contributed by atoms with Gasteiger partial charge in [-0.15, -0.1) is 0 Å². The molecule has 3 nitrogen and oxygen atoms in total. The van der Waals surface area contributed by atoms with Gasteiger partial charge < -0.3 is 4.57 Å². The molecule has 47 heavy (non-hydrogen) atoms. The number of hydrogen-bond acceptors (Lipinski definition) is 2. The minimum Gasteiger partial charge on any atom is -0.309 e. The summed E-state index contributed by atoms with van der Waals surface area (Å²) in [6.07, 6.45) is 0. The summed E-state index contributed by atoms with van der Waals surface area (Å²) < 4.78 is 2.39. The Balaban J connectivity index is 1.23.